The lowest BCUT2D eigenvalue weighted by molar-refractivity contribution is -0.135. The number of benzene rings is 3. The number of hydrogen-bond acceptors (Lipinski definition) is 6. The van der Waals surface area contributed by atoms with Gasteiger partial charge in [0.15, 0.2) is 0 Å². The minimum atomic E-state index is -0.873. The predicted molar refractivity (Wildman–Crippen MR) is 134 cm³/mol. The molecule has 35 heavy (non-hydrogen) atoms. The number of nitrogens with one attached hydrogen (secondary N) is 1. The third-order valence-electron chi connectivity index (χ3n) is 5.10. The number of anilines is 1. The molecule has 0 fully saturated rings. The van der Waals surface area contributed by atoms with Crippen LogP contribution in [0.4, 0.5) is 5.69 Å². The molecule has 0 saturated heterocycles. The van der Waals surface area contributed by atoms with Gasteiger partial charge in [0, 0.05) is 35.1 Å². The summed E-state index contributed by atoms with van der Waals surface area (Å²) in [5.74, 6) is -0.717. The lowest BCUT2D eigenvalue weighted by Crippen LogP contribution is -2.25. The molecule has 1 heterocycles. The van der Waals surface area contributed by atoms with Crippen molar-refractivity contribution < 1.29 is 23.9 Å². The fourth-order valence-corrected chi connectivity index (χ4v) is 3.93. The average molecular weight is 536 g/mol. The second-order valence-corrected chi connectivity index (χ2v) is 8.84. The van der Waals surface area contributed by atoms with E-state index in [2.05, 4.69) is 26.3 Å². The highest BCUT2D eigenvalue weighted by Gasteiger charge is 2.34. The van der Waals surface area contributed by atoms with Gasteiger partial charge < -0.3 is 14.8 Å². The number of carbonyl (C=O) groups is 3. The van der Waals surface area contributed by atoms with Gasteiger partial charge in [-0.25, -0.2) is 0 Å². The Kier molecular flexibility index (Phi) is 6.97. The molecule has 1 N–H and O–H groups in total. The quantitative estimate of drug-likeness (QED) is 0.358. The molecule has 3 aromatic carbocycles. The summed E-state index contributed by atoms with van der Waals surface area (Å²) in [5.41, 5.74) is 3.07. The second kappa shape index (κ2) is 10.1. The van der Waals surface area contributed by atoms with Gasteiger partial charge in [-0.3, -0.25) is 14.4 Å². The van der Waals surface area contributed by atoms with Gasteiger partial charge in [-0.15, -0.1) is 5.10 Å². The van der Waals surface area contributed by atoms with E-state index in [1.54, 1.807) is 54.6 Å². The first-order valence-electron chi connectivity index (χ1n) is 10.7. The van der Waals surface area contributed by atoms with E-state index >= 15 is 0 Å². The van der Waals surface area contributed by atoms with Crippen LogP contribution in [0.25, 0.3) is 0 Å². The van der Waals surface area contributed by atoms with Crippen LogP contribution in [0.15, 0.2) is 76.3 Å². The van der Waals surface area contributed by atoms with Gasteiger partial charge >= 0.3 is 5.97 Å². The van der Waals surface area contributed by atoms with E-state index in [1.165, 1.54) is 18.9 Å². The molecule has 9 heteroatoms. The number of hydrogen-bond donors (Lipinski definition) is 1. The number of amides is 2. The highest BCUT2D eigenvalue weighted by atomic mass is 79.9. The van der Waals surface area contributed by atoms with Gasteiger partial charge in [-0.1, -0.05) is 45.8 Å². The van der Waals surface area contributed by atoms with Crippen LogP contribution in [0.2, 0.25) is 0 Å². The number of esters is 1. The Morgan fingerprint density at radius 1 is 1.03 bits per heavy atom. The van der Waals surface area contributed by atoms with E-state index in [-0.39, 0.29) is 23.5 Å². The lowest BCUT2D eigenvalue weighted by atomic mass is 10.1. The minimum absolute atomic E-state index is 0.122. The number of hydrazone groups is 1. The monoisotopic (exact) mass is 535 g/mol. The van der Waals surface area contributed by atoms with Crippen molar-refractivity contribution in [3.8, 4) is 5.75 Å². The first kappa shape index (κ1) is 24.2. The maximum absolute atomic E-state index is 12.7. The molecule has 0 saturated carbocycles. The summed E-state index contributed by atoms with van der Waals surface area (Å²) in [6.07, 6.45) is -0.873. The van der Waals surface area contributed by atoms with Crippen LogP contribution in [-0.2, 0) is 14.3 Å². The summed E-state index contributed by atoms with van der Waals surface area (Å²) in [4.78, 5) is 36.6. The summed E-state index contributed by atoms with van der Waals surface area (Å²) in [5, 5.41) is 8.43. The molecule has 2 amide bonds. The zero-order valence-electron chi connectivity index (χ0n) is 19.2. The number of carbonyl (C=O) groups excluding carboxylic acids is 3. The smallest absolute Gasteiger partial charge is 0.308 e. The van der Waals surface area contributed by atoms with Crippen LogP contribution in [0.1, 0.15) is 47.1 Å². The molecule has 0 bridgehead atoms. The van der Waals surface area contributed by atoms with Gasteiger partial charge in [-0.05, 0) is 49.4 Å². The van der Waals surface area contributed by atoms with Crippen molar-refractivity contribution in [2.45, 2.75) is 27.0 Å². The first-order chi connectivity index (χ1) is 16.7. The molecule has 0 aromatic heterocycles. The lowest BCUT2D eigenvalue weighted by Gasteiger charge is -2.20. The summed E-state index contributed by atoms with van der Waals surface area (Å²) >= 11 is 3.40. The summed E-state index contributed by atoms with van der Waals surface area (Å²) in [6.45, 7) is 4.59. The van der Waals surface area contributed by atoms with Crippen molar-refractivity contribution in [1.29, 1.82) is 0 Å². The predicted octanol–water partition coefficient (Wildman–Crippen LogP) is 5.17. The molecule has 3 aromatic rings. The Bertz CT molecular complexity index is 1350. The topological polar surface area (TPSA) is 97.3 Å². The highest BCUT2D eigenvalue weighted by Crippen LogP contribution is 2.34. The fourth-order valence-electron chi connectivity index (χ4n) is 3.56. The van der Waals surface area contributed by atoms with Crippen molar-refractivity contribution in [3.63, 3.8) is 0 Å². The minimum Gasteiger partial charge on any atom is -0.446 e. The van der Waals surface area contributed by atoms with Crippen LogP contribution in [-0.4, -0.2) is 28.7 Å². The summed E-state index contributed by atoms with van der Waals surface area (Å²) in [6, 6.07) is 19.3. The van der Waals surface area contributed by atoms with Crippen molar-refractivity contribution in [3.05, 3.63) is 93.5 Å². The van der Waals surface area contributed by atoms with E-state index in [0.717, 1.165) is 5.56 Å². The van der Waals surface area contributed by atoms with Gasteiger partial charge in [0.1, 0.15) is 5.75 Å². The molecular weight excluding hydrogens is 514 g/mol. The molecule has 178 valence electrons. The number of halogens is 1. The van der Waals surface area contributed by atoms with E-state index in [0.29, 0.717) is 26.9 Å². The van der Waals surface area contributed by atoms with Gasteiger partial charge in [-0.2, -0.15) is 5.01 Å². The third-order valence-corrected chi connectivity index (χ3v) is 5.60. The standard InChI is InChI=1S/C26H22BrN3O5/c1-15-6-4-7-18(12-15)24(33)28-21-9-5-8-19(13-21)26-30(16(2)31)29-25(35-26)22-14-20(27)10-11-23(22)34-17(3)32/h4-14,26H,1-3H3,(H,28,33). The molecular formula is C26H22BrN3O5. The Morgan fingerprint density at radius 2 is 1.80 bits per heavy atom. The highest BCUT2D eigenvalue weighted by molar-refractivity contribution is 9.10. The molecule has 0 aliphatic carbocycles. The molecule has 8 nitrogen and oxygen atoms in total. The Morgan fingerprint density at radius 3 is 2.51 bits per heavy atom. The van der Waals surface area contributed by atoms with Gasteiger partial charge in [0.05, 0.1) is 5.56 Å². The molecule has 4 rings (SSSR count). The van der Waals surface area contributed by atoms with Gasteiger partial charge in [0.25, 0.3) is 5.91 Å². The molecule has 1 aliphatic heterocycles. The van der Waals surface area contributed by atoms with Crippen LogP contribution in [0.5, 0.6) is 5.75 Å². The normalized spacial score (nSPS) is 14.7. The fraction of sp³-hybridized carbons (Fsp3) is 0.154. The first-order valence-corrected chi connectivity index (χ1v) is 11.5. The number of nitrogens with zero attached hydrogens (tertiary/aromatic N) is 2. The number of ether oxygens (including phenoxy) is 2. The Hall–Kier alpha value is -3.98. The van der Waals surface area contributed by atoms with E-state index in [1.807, 2.05) is 19.1 Å². The van der Waals surface area contributed by atoms with Crippen molar-refractivity contribution in [2.24, 2.45) is 5.10 Å². The van der Waals surface area contributed by atoms with Crippen molar-refractivity contribution in [1.82, 2.24) is 5.01 Å². The Balaban J connectivity index is 1.62. The molecule has 1 atom stereocenters. The van der Waals surface area contributed by atoms with Crippen molar-refractivity contribution in [2.75, 3.05) is 5.32 Å². The zero-order chi connectivity index (χ0) is 25.1. The average Bonchev–Trinajstić information content (AvgIpc) is 3.26. The Labute approximate surface area is 210 Å². The summed E-state index contributed by atoms with van der Waals surface area (Å²) in [7, 11) is 0. The molecule has 0 radical (unpaired) electrons. The molecule has 1 unspecified atom stereocenters. The largest absolute Gasteiger partial charge is 0.446 e. The van der Waals surface area contributed by atoms with Gasteiger partial charge in [0.2, 0.25) is 18.0 Å². The maximum Gasteiger partial charge on any atom is 0.308 e. The van der Waals surface area contributed by atoms with Crippen LogP contribution in [0, 0.1) is 6.92 Å². The van der Waals surface area contributed by atoms with Crippen LogP contribution in [0.3, 0.4) is 0 Å². The third kappa shape index (κ3) is 5.58. The summed E-state index contributed by atoms with van der Waals surface area (Å²) < 4.78 is 12.1. The number of rotatable bonds is 5. The van der Waals surface area contributed by atoms with Crippen molar-refractivity contribution >= 4 is 45.3 Å². The maximum atomic E-state index is 12.7. The molecule has 0 spiro atoms. The van der Waals surface area contributed by atoms with E-state index < -0.39 is 12.2 Å². The second-order valence-electron chi connectivity index (χ2n) is 7.92. The molecule has 1 aliphatic rings. The van der Waals surface area contributed by atoms with E-state index in [4.69, 9.17) is 9.47 Å². The zero-order valence-corrected chi connectivity index (χ0v) is 20.8. The number of aryl methyl sites for hydroxylation is 1. The van der Waals surface area contributed by atoms with E-state index in [9.17, 15) is 14.4 Å². The SMILES string of the molecule is CC(=O)Oc1ccc(Br)cc1C1=NN(C(C)=O)C(c2cccc(NC(=O)c3cccc(C)c3)c2)O1. The van der Waals surface area contributed by atoms with Crippen LogP contribution < -0.4 is 10.1 Å². The van der Waals surface area contributed by atoms with Crippen LogP contribution >= 0.6 is 15.9 Å².